The Kier molecular flexibility index (Phi) is 4.36. The molecule has 2 aliphatic rings. The summed E-state index contributed by atoms with van der Waals surface area (Å²) in [6, 6.07) is 2.13. The van der Waals surface area contributed by atoms with Gasteiger partial charge in [-0.25, -0.2) is 0 Å². The zero-order valence-corrected chi connectivity index (χ0v) is 12.7. The van der Waals surface area contributed by atoms with Crippen LogP contribution in [0.3, 0.4) is 0 Å². The number of carbonyl (C=O) groups excluding carboxylic acids is 1. The van der Waals surface area contributed by atoms with Gasteiger partial charge >= 0.3 is 6.30 Å². The fourth-order valence-corrected chi connectivity index (χ4v) is 3.88. The Morgan fingerprint density at radius 3 is 2.57 bits per heavy atom. The van der Waals surface area contributed by atoms with E-state index < -0.39 is 22.6 Å². The van der Waals surface area contributed by atoms with Crippen molar-refractivity contribution in [3.8, 4) is 6.07 Å². The van der Waals surface area contributed by atoms with Crippen molar-refractivity contribution in [2.24, 2.45) is 0 Å². The fourth-order valence-electron chi connectivity index (χ4n) is 2.51. The quantitative estimate of drug-likeness (QED) is 0.572. The maximum absolute atomic E-state index is 12.7. The van der Waals surface area contributed by atoms with E-state index in [0.29, 0.717) is 30.8 Å². The molecule has 1 heterocycles. The molecule has 0 aromatic carbocycles. The highest BCUT2D eigenvalue weighted by atomic mass is 35.5. The molecule has 1 aliphatic carbocycles. The Hall–Kier alpha value is -1.07. The average Bonchev–Trinajstić information content (AvgIpc) is 3.03. The monoisotopic (exact) mass is 339 g/mol. The number of nitriles is 1. The maximum atomic E-state index is 12.7. The van der Waals surface area contributed by atoms with Gasteiger partial charge in [-0.1, -0.05) is 23.4 Å². The zero-order chi connectivity index (χ0) is 15.8. The van der Waals surface area contributed by atoms with Crippen LogP contribution in [0, 0.1) is 11.3 Å². The molecule has 9 heteroatoms. The molecule has 1 aliphatic heterocycles. The molecule has 1 saturated carbocycles. The summed E-state index contributed by atoms with van der Waals surface area (Å²) in [5.74, 6) is -0.596. The van der Waals surface area contributed by atoms with Crippen molar-refractivity contribution >= 4 is 29.3 Å². The van der Waals surface area contributed by atoms with E-state index in [-0.39, 0.29) is 9.81 Å². The lowest BCUT2D eigenvalue weighted by Gasteiger charge is -2.32. The summed E-state index contributed by atoms with van der Waals surface area (Å²) in [5, 5.41) is 9.33. The molecule has 0 bridgehead atoms. The van der Waals surface area contributed by atoms with Gasteiger partial charge in [0.1, 0.15) is 5.54 Å². The average molecular weight is 340 g/mol. The summed E-state index contributed by atoms with van der Waals surface area (Å²) in [5.41, 5.74) is -0.925. The first-order valence-electron chi connectivity index (χ1n) is 6.28. The van der Waals surface area contributed by atoms with Crippen LogP contribution < -0.4 is 0 Å². The van der Waals surface area contributed by atoms with E-state index in [1.54, 1.807) is 0 Å². The number of rotatable bonds is 2. The van der Waals surface area contributed by atoms with Crippen LogP contribution in [0.5, 0.6) is 0 Å². The molecule has 4 nitrogen and oxygen atoms in total. The predicted molar refractivity (Wildman–Crippen MR) is 72.8 cm³/mol. The number of nitrogens with zero attached hydrogens (tertiary/aromatic N) is 3. The van der Waals surface area contributed by atoms with E-state index >= 15 is 0 Å². The summed E-state index contributed by atoms with van der Waals surface area (Å²) in [6.07, 6.45) is -1.20. The molecule has 21 heavy (non-hydrogen) atoms. The summed E-state index contributed by atoms with van der Waals surface area (Å²) in [6.45, 7) is 0. The molecule has 1 atom stereocenters. The second kappa shape index (κ2) is 5.61. The lowest BCUT2D eigenvalue weighted by atomic mass is 9.97. The van der Waals surface area contributed by atoms with Gasteiger partial charge in [-0.2, -0.15) is 18.4 Å². The first-order chi connectivity index (χ1) is 9.71. The molecular weight excluding hydrogens is 327 g/mol. The van der Waals surface area contributed by atoms with Crippen molar-refractivity contribution in [1.29, 1.82) is 5.26 Å². The van der Waals surface area contributed by atoms with Crippen molar-refractivity contribution in [3.05, 3.63) is 11.1 Å². The summed E-state index contributed by atoms with van der Waals surface area (Å²) >= 11 is 6.25. The SMILES string of the molecule is CN(C(=O)C1=CN(C(F)(F)F)C(Cl)S1)C1(C#N)CCCC1. The molecule has 0 N–H and O–H groups in total. The van der Waals surface area contributed by atoms with Gasteiger partial charge in [-0.3, -0.25) is 9.69 Å². The van der Waals surface area contributed by atoms with E-state index in [1.165, 1.54) is 11.9 Å². The van der Waals surface area contributed by atoms with E-state index in [2.05, 4.69) is 6.07 Å². The van der Waals surface area contributed by atoms with Crippen molar-refractivity contribution in [2.75, 3.05) is 7.05 Å². The number of carbonyl (C=O) groups is 1. The molecule has 1 fully saturated rings. The molecule has 0 radical (unpaired) electrons. The zero-order valence-electron chi connectivity index (χ0n) is 11.2. The molecule has 116 valence electrons. The van der Waals surface area contributed by atoms with Gasteiger partial charge in [0, 0.05) is 13.2 Å². The van der Waals surface area contributed by atoms with Crippen molar-refractivity contribution in [1.82, 2.24) is 9.80 Å². The molecule has 1 unspecified atom stereocenters. The number of amides is 1. The number of hydrogen-bond acceptors (Lipinski definition) is 4. The highest BCUT2D eigenvalue weighted by molar-refractivity contribution is 8.05. The number of halogens is 4. The van der Waals surface area contributed by atoms with Crippen LogP contribution in [-0.2, 0) is 4.79 Å². The molecule has 2 rings (SSSR count). The minimum atomic E-state index is -4.64. The molecule has 0 spiro atoms. The van der Waals surface area contributed by atoms with Crippen LogP contribution in [0.15, 0.2) is 11.1 Å². The van der Waals surface area contributed by atoms with Gasteiger partial charge in [-0.05, 0) is 25.7 Å². The van der Waals surface area contributed by atoms with Crippen LogP contribution in [0.2, 0.25) is 0 Å². The van der Waals surface area contributed by atoms with Crippen LogP contribution >= 0.6 is 23.4 Å². The van der Waals surface area contributed by atoms with Gasteiger partial charge in [0.05, 0.1) is 11.0 Å². The van der Waals surface area contributed by atoms with Crippen molar-refractivity contribution in [2.45, 2.75) is 42.4 Å². The first kappa shape index (κ1) is 16.3. The van der Waals surface area contributed by atoms with E-state index in [9.17, 15) is 23.2 Å². The third kappa shape index (κ3) is 2.94. The van der Waals surface area contributed by atoms with Crippen LogP contribution in [-0.4, -0.2) is 39.4 Å². The maximum Gasteiger partial charge on any atom is 0.486 e. The summed E-state index contributed by atoms with van der Waals surface area (Å²) in [4.78, 5) is 12.1. The molecule has 0 saturated heterocycles. The van der Waals surface area contributed by atoms with E-state index in [4.69, 9.17) is 11.6 Å². The summed E-state index contributed by atoms with van der Waals surface area (Å²) < 4.78 is 38.1. The molecule has 0 aromatic rings. The number of thioether (sulfide) groups is 1. The molecular formula is C12H13ClF3N3OS. The third-order valence-electron chi connectivity index (χ3n) is 3.79. The van der Waals surface area contributed by atoms with Crippen molar-refractivity contribution in [3.63, 3.8) is 0 Å². The predicted octanol–water partition coefficient (Wildman–Crippen LogP) is 3.21. The van der Waals surface area contributed by atoms with Gasteiger partial charge < -0.3 is 4.90 Å². The van der Waals surface area contributed by atoms with Crippen LogP contribution in [0.25, 0.3) is 0 Å². The number of likely N-dealkylation sites (N-methyl/N-ethyl adjacent to an activating group) is 1. The lowest BCUT2D eigenvalue weighted by Crippen LogP contribution is -2.46. The third-order valence-corrected chi connectivity index (χ3v) is 5.22. The minimum Gasteiger partial charge on any atom is -0.322 e. The van der Waals surface area contributed by atoms with Crippen LogP contribution in [0.1, 0.15) is 25.7 Å². The van der Waals surface area contributed by atoms with Gasteiger partial charge in [-0.15, -0.1) is 0 Å². The van der Waals surface area contributed by atoms with Gasteiger partial charge in [0.15, 0.2) is 4.83 Å². The first-order valence-corrected chi connectivity index (χ1v) is 7.60. The van der Waals surface area contributed by atoms with Crippen LogP contribution in [0.4, 0.5) is 13.2 Å². The Morgan fingerprint density at radius 2 is 2.14 bits per heavy atom. The second-order valence-corrected chi connectivity index (χ2v) is 6.79. The minimum absolute atomic E-state index is 0.0198. The highest BCUT2D eigenvalue weighted by Gasteiger charge is 2.47. The van der Waals surface area contributed by atoms with Crippen molar-refractivity contribution < 1.29 is 18.0 Å². The van der Waals surface area contributed by atoms with E-state index in [0.717, 1.165) is 12.8 Å². The lowest BCUT2D eigenvalue weighted by molar-refractivity contribution is -0.224. The summed E-state index contributed by atoms with van der Waals surface area (Å²) in [7, 11) is 1.46. The van der Waals surface area contributed by atoms with Gasteiger partial charge in [0.25, 0.3) is 5.91 Å². The van der Waals surface area contributed by atoms with E-state index in [1.807, 2.05) is 0 Å². The number of hydrogen-bond donors (Lipinski definition) is 0. The topological polar surface area (TPSA) is 47.3 Å². The smallest absolute Gasteiger partial charge is 0.322 e. The number of alkyl halides is 4. The standard InChI is InChI=1S/C12H13ClF3N3OS/c1-18(11(7-17)4-2-3-5-11)9(20)8-6-19(10(13)21-8)12(14,15)16/h6,10H,2-5H2,1H3. The largest absolute Gasteiger partial charge is 0.486 e. The Morgan fingerprint density at radius 1 is 1.57 bits per heavy atom. The normalized spacial score (nSPS) is 24.7. The highest BCUT2D eigenvalue weighted by Crippen LogP contribution is 2.43. The molecule has 1 amide bonds. The molecule has 0 aromatic heterocycles. The fraction of sp³-hybridized carbons (Fsp3) is 0.667. The Balaban J connectivity index is 2.19. The Bertz CT molecular complexity index is 511. The van der Waals surface area contributed by atoms with Gasteiger partial charge in [0.2, 0.25) is 0 Å². The second-order valence-electron chi connectivity index (χ2n) is 4.99. The Labute approximate surface area is 129 Å².